The predicted molar refractivity (Wildman–Crippen MR) is 387 cm³/mol. The van der Waals surface area contributed by atoms with Gasteiger partial charge in [-0.1, -0.05) is 225 Å². The molecular weight excluding hydrogens is 1210 g/mol. The van der Waals surface area contributed by atoms with E-state index in [4.69, 9.17) is 31.4 Å². The van der Waals surface area contributed by atoms with Crippen molar-refractivity contribution in [2.24, 2.45) is 29.0 Å². The second-order valence-electron chi connectivity index (χ2n) is 26.2. The van der Waals surface area contributed by atoms with Gasteiger partial charge in [-0.2, -0.15) is 0 Å². The SMILES string of the molecule is Cc1cc(C)cc(CC(=O)Oc2ccc(C(CN)C(=O)Cc3ccc4ccccc4c3)cc2)c1.NCC(C(=O)Cc1ccc2ccccc2c1)c1ccc(OC(=O)CC2CCCC2)cc1.NCC(C(=O)Cc1ccc2ccccc2c1)c1ccc(OC(=O)CC2CCCCC2)cc1. The van der Waals surface area contributed by atoms with Crippen LogP contribution in [0.2, 0.25) is 0 Å². The number of ether oxygens (including phenoxy) is 3. The highest BCUT2D eigenvalue weighted by Crippen LogP contribution is 2.32. The van der Waals surface area contributed by atoms with Crippen molar-refractivity contribution in [2.75, 3.05) is 19.6 Å². The molecule has 10 aromatic rings. The van der Waals surface area contributed by atoms with Gasteiger partial charge >= 0.3 is 17.9 Å². The Balaban J connectivity index is 0.000000158. The second kappa shape index (κ2) is 34.8. The van der Waals surface area contributed by atoms with Crippen LogP contribution >= 0.6 is 0 Å². The first-order chi connectivity index (χ1) is 47.1. The van der Waals surface area contributed by atoms with Crippen LogP contribution in [0.4, 0.5) is 0 Å². The van der Waals surface area contributed by atoms with Gasteiger partial charge in [-0.15, -0.1) is 0 Å². The summed E-state index contributed by atoms with van der Waals surface area (Å²) in [6.07, 6.45) is 12.7. The molecule has 0 amide bonds. The highest BCUT2D eigenvalue weighted by atomic mass is 16.5. The zero-order valence-electron chi connectivity index (χ0n) is 55.8. The topological polar surface area (TPSA) is 208 Å². The summed E-state index contributed by atoms with van der Waals surface area (Å²) < 4.78 is 16.5. The number of hydrogen-bond acceptors (Lipinski definition) is 12. The van der Waals surface area contributed by atoms with Gasteiger partial charge in [0.2, 0.25) is 0 Å². The first-order valence-electron chi connectivity index (χ1n) is 34.3. The molecule has 10 aromatic carbocycles. The van der Waals surface area contributed by atoms with E-state index >= 15 is 0 Å². The van der Waals surface area contributed by atoms with Gasteiger partial charge in [-0.05, 0) is 159 Å². The molecular formula is C85H89N3O9. The molecule has 0 heterocycles. The van der Waals surface area contributed by atoms with E-state index in [-0.39, 0.29) is 73.1 Å². The van der Waals surface area contributed by atoms with Crippen molar-refractivity contribution >= 4 is 67.6 Å². The number of Topliss-reactive ketones (excluding diaryl/α,β-unsaturated/α-hetero) is 3. The molecule has 3 unspecified atom stereocenters. The first kappa shape index (κ1) is 70.1. The molecule has 0 radical (unpaired) electrons. The van der Waals surface area contributed by atoms with Crippen LogP contribution in [-0.2, 0) is 54.5 Å². The first-order valence-corrected chi connectivity index (χ1v) is 34.3. The molecule has 2 saturated carbocycles. The number of fused-ring (bicyclic) bond motifs is 3. The minimum Gasteiger partial charge on any atom is -0.427 e. The molecule has 97 heavy (non-hydrogen) atoms. The van der Waals surface area contributed by atoms with Crippen molar-refractivity contribution in [2.45, 2.75) is 128 Å². The van der Waals surface area contributed by atoms with E-state index in [1.165, 1.54) is 32.1 Å². The van der Waals surface area contributed by atoms with Crippen LogP contribution in [0.3, 0.4) is 0 Å². The van der Waals surface area contributed by atoms with Crippen LogP contribution < -0.4 is 31.4 Å². The molecule has 2 fully saturated rings. The quantitative estimate of drug-likeness (QED) is 0.0381. The fourth-order valence-corrected chi connectivity index (χ4v) is 13.6. The Bertz CT molecular complexity index is 4300. The summed E-state index contributed by atoms with van der Waals surface area (Å²) >= 11 is 0. The van der Waals surface area contributed by atoms with Crippen molar-refractivity contribution in [1.29, 1.82) is 0 Å². The average Bonchev–Trinajstić information content (AvgIpc) is 1.33. The maximum Gasteiger partial charge on any atom is 0.315 e. The van der Waals surface area contributed by atoms with E-state index in [1.54, 1.807) is 36.4 Å². The molecule has 0 saturated heterocycles. The van der Waals surface area contributed by atoms with Gasteiger partial charge in [0.25, 0.3) is 0 Å². The van der Waals surface area contributed by atoms with E-state index in [2.05, 4.69) is 54.6 Å². The van der Waals surface area contributed by atoms with Crippen molar-refractivity contribution in [3.63, 3.8) is 0 Å². The number of benzene rings is 10. The number of carbonyl (C=O) groups is 6. The van der Waals surface area contributed by atoms with Crippen LogP contribution in [0.15, 0.2) is 218 Å². The molecule has 12 rings (SSSR count). The summed E-state index contributed by atoms with van der Waals surface area (Å²) in [4.78, 5) is 75.8. The third-order valence-electron chi connectivity index (χ3n) is 18.7. The molecule has 2 aliphatic rings. The summed E-state index contributed by atoms with van der Waals surface area (Å²) in [7, 11) is 0. The lowest BCUT2D eigenvalue weighted by Crippen LogP contribution is -2.23. The lowest BCUT2D eigenvalue weighted by Gasteiger charge is -2.20. The van der Waals surface area contributed by atoms with E-state index in [1.807, 2.05) is 141 Å². The van der Waals surface area contributed by atoms with Gasteiger partial charge in [0.05, 0.1) is 24.2 Å². The van der Waals surface area contributed by atoms with Crippen LogP contribution in [0.25, 0.3) is 32.3 Å². The molecule has 12 heteroatoms. The fourth-order valence-electron chi connectivity index (χ4n) is 13.6. The molecule has 0 aromatic heterocycles. The highest BCUT2D eigenvalue weighted by Gasteiger charge is 2.25. The summed E-state index contributed by atoms with van der Waals surface area (Å²) in [5.41, 5.74) is 26.5. The number of esters is 3. The van der Waals surface area contributed by atoms with E-state index in [0.29, 0.717) is 61.2 Å². The number of aryl methyl sites for hydroxylation is 2. The van der Waals surface area contributed by atoms with Crippen LogP contribution in [-0.4, -0.2) is 54.9 Å². The number of ketones is 3. The average molecular weight is 1300 g/mol. The Morgan fingerprint density at radius 1 is 0.330 bits per heavy atom. The molecule has 3 atom stereocenters. The molecule has 12 nitrogen and oxygen atoms in total. The largest absolute Gasteiger partial charge is 0.427 e. The van der Waals surface area contributed by atoms with Gasteiger partial charge in [-0.3, -0.25) is 28.8 Å². The molecule has 498 valence electrons. The number of nitrogens with two attached hydrogens (primary N) is 3. The van der Waals surface area contributed by atoms with E-state index in [9.17, 15) is 28.8 Å². The van der Waals surface area contributed by atoms with Gasteiger partial charge in [0, 0.05) is 51.7 Å². The smallest absolute Gasteiger partial charge is 0.315 e. The molecule has 6 N–H and O–H groups in total. The Labute approximate surface area is 569 Å². The minimum absolute atomic E-state index is 0.0670. The monoisotopic (exact) mass is 1300 g/mol. The second-order valence-corrected chi connectivity index (χ2v) is 26.2. The van der Waals surface area contributed by atoms with Gasteiger partial charge < -0.3 is 31.4 Å². The summed E-state index contributed by atoms with van der Waals surface area (Å²) in [5.74, 6) is 0.801. The maximum absolute atomic E-state index is 13.0. The Morgan fingerprint density at radius 2 is 0.629 bits per heavy atom. The summed E-state index contributed by atoms with van der Waals surface area (Å²) in [5, 5.41) is 6.84. The van der Waals surface area contributed by atoms with Crippen molar-refractivity contribution in [3.05, 3.63) is 268 Å². The molecule has 2 aliphatic carbocycles. The fraction of sp³-hybridized carbons (Fsp3) is 0.294. The van der Waals surface area contributed by atoms with Crippen LogP contribution in [0, 0.1) is 25.7 Å². The lowest BCUT2D eigenvalue weighted by molar-refractivity contribution is -0.136. The zero-order chi connectivity index (χ0) is 68.0. The maximum atomic E-state index is 13.0. The number of rotatable bonds is 24. The third kappa shape index (κ3) is 20.4. The lowest BCUT2D eigenvalue weighted by atomic mass is 9.87. The van der Waals surface area contributed by atoms with Gasteiger partial charge in [0.1, 0.15) is 34.6 Å². The van der Waals surface area contributed by atoms with Crippen molar-refractivity contribution < 1.29 is 43.0 Å². The van der Waals surface area contributed by atoms with Gasteiger partial charge in [0.15, 0.2) is 0 Å². The molecule has 0 spiro atoms. The number of carbonyl (C=O) groups excluding carboxylic acids is 6. The Kier molecular flexibility index (Phi) is 25.1. The molecule has 0 bridgehead atoms. The Morgan fingerprint density at radius 3 is 0.948 bits per heavy atom. The predicted octanol–water partition coefficient (Wildman–Crippen LogP) is 16.2. The Hall–Kier alpha value is -9.72. The van der Waals surface area contributed by atoms with Crippen molar-refractivity contribution in [3.8, 4) is 17.2 Å². The number of hydrogen-bond donors (Lipinski definition) is 3. The normalized spacial score (nSPS) is 14.1. The van der Waals surface area contributed by atoms with Crippen molar-refractivity contribution in [1.82, 2.24) is 0 Å². The van der Waals surface area contributed by atoms with E-state index < -0.39 is 5.92 Å². The van der Waals surface area contributed by atoms with Crippen LogP contribution in [0.1, 0.15) is 138 Å². The zero-order valence-corrected chi connectivity index (χ0v) is 55.8. The van der Waals surface area contributed by atoms with Crippen LogP contribution in [0.5, 0.6) is 17.2 Å². The summed E-state index contributed by atoms with van der Waals surface area (Å²) in [6.45, 7) is 4.73. The minimum atomic E-state index is -0.411. The van der Waals surface area contributed by atoms with Gasteiger partial charge in [-0.25, -0.2) is 0 Å². The highest BCUT2D eigenvalue weighted by molar-refractivity contribution is 5.92. The third-order valence-corrected chi connectivity index (χ3v) is 18.7. The summed E-state index contributed by atoms with van der Waals surface area (Å²) in [6, 6.07) is 70.2. The molecule has 0 aliphatic heterocycles. The van der Waals surface area contributed by atoms with E-state index in [0.717, 1.165) is 108 Å². The standard InChI is InChI=1S/C30H29NO3.C28H31NO3.C27H29NO3/c1-20-13-21(2)15-23(14-20)18-30(33)34-27-11-9-25(10-12-27)28(19-31)29(32)17-22-7-8-24-5-3-4-6-26(24)16-22;29-19-26(27(30)17-21-10-11-22-8-4-5-9-24(22)16-21)23-12-14-25(15-13-23)32-28(31)18-20-6-2-1-3-7-20;28-18-25(26(29)16-20-9-10-21-7-3-4-8-23(21)15-20)22-11-13-24(14-12-22)31-27(30)17-19-5-1-2-6-19/h3-16,28H,17-19,31H2,1-2H3;4-5,8-16,20,26H,1-3,6-7,17-19,29H2;3-4,7-15,19,25H,1-2,5-6,16-18,28H2.